The van der Waals surface area contributed by atoms with Gasteiger partial charge in [0.25, 0.3) is 0 Å². The summed E-state index contributed by atoms with van der Waals surface area (Å²) in [7, 11) is 4.12. The number of hydrogen-bond donors (Lipinski definition) is 1. The number of imidazole rings is 1. The second-order valence-electron chi connectivity index (χ2n) is 5.51. The number of aromatic nitrogens is 2. The molecular weight excluding hydrogens is 274 g/mol. The van der Waals surface area contributed by atoms with Crippen molar-refractivity contribution in [1.29, 1.82) is 0 Å². The van der Waals surface area contributed by atoms with Crippen LogP contribution in [0, 0.1) is 5.92 Å². The molecule has 1 aromatic heterocycles. The zero-order chi connectivity index (χ0) is 15.3. The first-order valence-electron chi connectivity index (χ1n) is 6.92. The number of rotatable bonds is 8. The molecule has 0 spiro atoms. The van der Waals surface area contributed by atoms with Gasteiger partial charge in [-0.15, -0.1) is 0 Å². The highest BCUT2D eigenvalue weighted by molar-refractivity contribution is 7.99. The van der Waals surface area contributed by atoms with Crippen LogP contribution in [0.4, 0.5) is 0 Å². The molecule has 1 unspecified atom stereocenters. The van der Waals surface area contributed by atoms with Crippen molar-refractivity contribution in [3.8, 4) is 0 Å². The Balaban J connectivity index is 3.09. The first kappa shape index (κ1) is 17.0. The number of carboxylic acids is 1. The molecular formula is C14H25N3O2S. The third-order valence-electron chi connectivity index (χ3n) is 3.18. The third-order valence-corrected chi connectivity index (χ3v) is 4.13. The van der Waals surface area contributed by atoms with Crippen molar-refractivity contribution < 1.29 is 9.90 Å². The van der Waals surface area contributed by atoms with Gasteiger partial charge in [0, 0.05) is 18.4 Å². The van der Waals surface area contributed by atoms with E-state index in [0.29, 0.717) is 12.0 Å². The summed E-state index contributed by atoms with van der Waals surface area (Å²) in [5, 5.41) is 9.67. The number of aliphatic carboxylic acids is 1. The smallest absolute Gasteiger partial charge is 0.313 e. The minimum atomic E-state index is -0.809. The van der Waals surface area contributed by atoms with E-state index >= 15 is 0 Å². The lowest BCUT2D eigenvalue weighted by Crippen LogP contribution is -2.29. The highest BCUT2D eigenvalue weighted by Gasteiger charge is 2.22. The summed E-state index contributed by atoms with van der Waals surface area (Å²) < 4.78 is 2.22. The summed E-state index contributed by atoms with van der Waals surface area (Å²) in [4.78, 5) is 17.4. The highest BCUT2D eigenvalue weighted by atomic mass is 32.2. The molecule has 0 aliphatic carbocycles. The molecule has 114 valence electrons. The van der Waals surface area contributed by atoms with Crippen molar-refractivity contribution in [2.45, 2.75) is 38.4 Å². The lowest BCUT2D eigenvalue weighted by atomic mass is 10.0. The first-order valence-corrected chi connectivity index (χ1v) is 7.90. The van der Waals surface area contributed by atoms with Gasteiger partial charge in [0.05, 0.1) is 11.8 Å². The molecule has 1 heterocycles. The Morgan fingerprint density at radius 2 is 2.15 bits per heavy atom. The fourth-order valence-electron chi connectivity index (χ4n) is 2.19. The predicted molar refractivity (Wildman–Crippen MR) is 82.4 cm³/mol. The van der Waals surface area contributed by atoms with Crippen molar-refractivity contribution in [2.24, 2.45) is 5.92 Å². The maximum absolute atomic E-state index is 10.8. The molecule has 0 fully saturated rings. The molecule has 0 aromatic carbocycles. The molecule has 0 aliphatic rings. The maximum atomic E-state index is 10.8. The zero-order valence-electron chi connectivity index (χ0n) is 13.0. The summed E-state index contributed by atoms with van der Waals surface area (Å²) in [5.41, 5.74) is 1.17. The van der Waals surface area contributed by atoms with E-state index in [-0.39, 0.29) is 5.75 Å². The van der Waals surface area contributed by atoms with E-state index in [1.807, 2.05) is 6.20 Å². The van der Waals surface area contributed by atoms with Crippen LogP contribution in [0.2, 0.25) is 0 Å². The quantitative estimate of drug-likeness (QED) is 0.747. The van der Waals surface area contributed by atoms with Crippen LogP contribution < -0.4 is 0 Å². The Hall–Kier alpha value is -1.01. The van der Waals surface area contributed by atoms with Crippen molar-refractivity contribution >= 4 is 17.7 Å². The van der Waals surface area contributed by atoms with E-state index in [4.69, 9.17) is 5.11 Å². The van der Waals surface area contributed by atoms with Crippen LogP contribution in [0.25, 0.3) is 0 Å². The molecule has 0 amide bonds. The van der Waals surface area contributed by atoms with E-state index < -0.39 is 5.97 Å². The van der Waals surface area contributed by atoms with Gasteiger partial charge in [-0.1, -0.05) is 32.5 Å². The Labute approximate surface area is 125 Å². The fourth-order valence-corrected chi connectivity index (χ4v) is 2.96. The SMILES string of the molecule is CCc1cnc(SCC(=O)O)n1C(CN(C)C)C(C)C. The number of carboxylic acid groups (broad SMARTS) is 1. The highest BCUT2D eigenvalue weighted by Crippen LogP contribution is 2.28. The Kier molecular flexibility index (Phi) is 6.55. The molecule has 0 aliphatic heterocycles. The molecule has 1 rings (SSSR count). The molecule has 6 heteroatoms. The minimum Gasteiger partial charge on any atom is -0.481 e. The summed E-state index contributed by atoms with van der Waals surface area (Å²) in [5.74, 6) is -0.301. The molecule has 0 bridgehead atoms. The number of thioether (sulfide) groups is 1. The first-order chi connectivity index (χ1) is 9.36. The molecule has 0 radical (unpaired) electrons. The molecule has 1 atom stereocenters. The topological polar surface area (TPSA) is 58.4 Å². The lowest BCUT2D eigenvalue weighted by Gasteiger charge is -2.28. The fraction of sp³-hybridized carbons (Fsp3) is 0.714. The van der Waals surface area contributed by atoms with Crippen LogP contribution in [0.5, 0.6) is 0 Å². The molecule has 5 nitrogen and oxygen atoms in total. The van der Waals surface area contributed by atoms with Crippen LogP contribution in [0.3, 0.4) is 0 Å². The Morgan fingerprint density at radius 1 is 1.50 bits per heavy atom. The van der Waals surface area contributed by atoms with Gasteiger partial charge >= 0.3 is 5.97 Å². The number of hydrogen-bond acceptors (Lipinski definition) is 4. The van der Waals surface area contributed by atoms with E-state index in [2.05, 4.69) is 49.3 Å². The van der Waals surface area contributed by atoms with E-state index in [1.54, 1.807) is 0 Å². The molecule has 0 saturated heterocycles. The zero-order valence-corrected chi connectivity index (χ0v) is 13.8. The summed E-state index contributed by atoms with van der Waals surface area (Å²) in [6, 6.07) is 0.304. The van der Waals surface area contributed by atoms with Gasteiger partial charge in [-0.25, -0.2) is 4.98 Å². The van der Waals surface area contributed by atoms with E-state index in [1.165, 1.54) is 17.5 Å². The summed E-state index contributed by atoms with van der Waals surface area (Å²) in [6.45, 7) is 7.41. The van der Waals surface area contributed by atoms with Gasteiger partial charge in [-0.2, -0.15) is 0 Å². The predicted octanol–water partition coefficient (Wildman–Crippen LogP) is 2.38. The van der Waals surface area contributed by atoms with E-state index in [0.717, 1.165) is 18.1 Å². The van der Waals surface area contributed by atoms with Crippen molar-refractivity contribution in [3.63, 3.8) is 0 Å². The Bertz CT molecular complexity index is 444. The monoisotopic (exact) mass is 299 g/mol. The van der Waals surface area contributed by atoms with Gasteiger partial charge in [0.1, 0.15) is 0 Å². The van der Waals surface area contributed by atoms with Gasteiger partial charge in [-0.3, -0.25) is 4.79 Å². The molecule has 20 heavy (non-hydrogen) atoms. The van der Waals surface area contributed by atoms with Gasteiger partial charge < -0.3 is 14.6 Å². The van der Waals surface area contributed by atoms with Crippen LogP contribution in [0.1, 0.15) is 32.5 Å². The Morgan fingerprint density at radius 3 is 2.60 bits per heavy atom. The summed E-state index contributed by atoms with van der Waals surface area (Å²) in [6.07, 6.45) is 2.77. The van der Waals surface area contributed by atoms with Gasteiger partial charge in [0.15, 0.2) is 5.16 Å². The largest absolute Gasteiger partial charge is 0.481 e. The second kappa shape index (κ2) is 7.69. The van der Waals surface area contributed by atoms with Gasteiger partial charge in [0.2, 0.25) is 0 Å². The molecule has 1 N–H and O–H groups in total. The number of likely N-dealkylation sites (N-methyl/N-ethyl adjacent to an activating group) is 1. The van der Waals surface area contributed by atoms with Crippen LogP contribution in [-0.4, -0.2) is 51.9 Å². The average Bonchev–Trinajstić information content (AvgIpc) is 2.75. The van der Waals surface area contributed by atoms with Crippen LogP contribution in [0.15, 0.2) is 11.4 Å². The minimum absolute atomic E-state index is 0.0486. The summed E-state index contributed by atoms with van der Waals surface area (Å²) >= 11 is 1.30. The number of aryl methyl sites for hydroxylation is 1. The maximum Gasteiger partial charge on any atom is 0.313 e. The van der Waals surface area contributed by atoms with Crippen LogP contribution in [-0.2, 0) is 11.2 Å². The number of carbonyl (C=O) groups is 1. The third kappa shape index (κ3) is 4.52. The lowest BCUT2D eigenvalue weighted by molar-refractivity contribution is -0.133. The van der Waals surface area contributed by atoms with Crippen molar-refractivity contribution in [1.82, 2.24) is 14.5 Å². The van der Waals surface area contributed by atoms with Gasteiger partial charge in [-0.05, 0) is 26.4 Å². The normalized spacial score (nSPS) is 13.2. The molecule has 0 saturated carbocycles. The number of nitrogens with zero attached hydrogens (tertiary/aromatic N) is 3. The molecule has 1 aromatic rings. The standard InChI is InChI=1S/C14H25N3O2S/c1-6-11-7-15-14(20-9-13(18)19)17(11)12(10(2)3)8-16(4)5/h7,10,12H,6,8-9H2,1-5H3,(H,18,19). The van der Waals surface area contributed by atoms with E-state index in [9.17, 15) is 4.79 Å². The van der Waals surface area contributed by atoms with Crippen LogP contribution >= 0.6 is 11.8 Å². The van der Waals surface area contributed by atoms with Crippen molar-refractivity contribution in [2.75, 3.05) is 26.4 Å². The second-order valence-corrected chi connectivity index (χ2v) is 6.45. The average molecular weight is 299 g/mol. The van der Waals surface area contributed by atoms with Crippen molar-refractivity contribution in [3.05, 3.63) is 11.9 Å².